The van der Waals surface area contributed by atoms with E-state index in [1.54, 1.807) is 0 Å². The minimum atomic E-state index is -3.14. The molecule has 0 saturated carbocycles. The molecule has 6 heteroatoms. The Morgan fingerprint density at radius 2 is 2.00 bits per heavy atom. The van der Waals surface area contributed by atoms with Gasteiger partial charge in [-0.3, -0.25) is 0 Å². The smallest absolute Gasteiger partial charge is 0.216 e. The number of aromatic nitrogens is 1. The van der Waals surface area contributed by atoms with Gasteiger partial charge in [0.15, 0.2) is 5.82 Å². The first-order chi connectivity index (χ1) is 6.06. The minimum Gasteiger partial charge on any atom is -0.216 e. The Hall–Kier alpha value is -0.840. The van der Waals surface area contributed by atoms with Crippen molar-refractivity contribution in [3.05, 3.63) is 29.1 Å². The van der Waals surface area contributed by atoms with Crippen LogP contribution in [0.5, 0.6) is 0 Å². The third-order valence-electron chi connectivity index (χ3n) is 1.38. The average molecular weight is 214 g/mol. The molecule has 0 N–H and O–H groups in total. The first-order valence-corrected chi connectivity index (χ1v) is 3.78. The van der Waals surface area contributed by atoms with Gasteiger partial charge in [-0.15, -0.1) is 11.6 Å². The third kappa shape index (κ3) is 2.09. The maximum absolute atomic E-state index is 12.9. The van der Waals surface area contributed by atoms with E-state index in [4.69, 9.17) is 11.6 Å². The van der Waals surface area contributed by atoms with Crippen molar-refractivity contribution in [3.63, 3.8) is 0 Å². The molecule has 1 nitrogen and oxygen atoms in total. The lowest BCUT2D eigenvalue weighted by Gasteiger charge is -2.04. The van der Waals surface area contributed by atoms with Gasteiger partial charge in [0.25, 0.3) is 6.43 Å². The highest BCUT2D eigenvalue weighted by Crippen LogP contribution is 2.23. The van der Waals surface area contributed by atoms with E-state index < -0.39 is 23.9 Å². The van der Waals surface area contributed by atoms with E-state index in [1.807, 2.05) is 0 Å². The van der Waals surface area contributed by atoms with E-state index in [-0.39, 0.29) is 11.4 Å². The maximum atomic E-state index is 12.9. The van der Waals surface area contributed by atoms with Crippen molar-refractivity contribution >= 4 is 11.6 Å². The van der Waals surface area contributed by atoms with Gasteiger partial charge in [-0.05, 0) is 0 Å². The summed E-state index contributed by atoms with van der Waals surface area (Å²) in [5, 5.41) is 0. The fourth-order valence-electron chi connectivity index (χ4n) is 0.810. The number of alkyl halides is 3. The van der Waals surface area contributed by atoms with Crippen LogP contribution in [-0.2, 0) is 5.88 Å². The molecular formula is C7H4ClF4N. The summed E-state index contributed by atoms with van der Waals surface area (Å²) in [7, 11) is 0. The Morgan fingerprint density at radius 1 is 1.38 bits per heavy atom. The lowest BCUT2D eigenvalue weighted by Crippen LogP contribution is -2.02. The highest BCUT2D eigenvalue weighted by molar-refractivity contribution is 6.17. The summed E-state index contributed by atoms with van der Waals surface area (Å²) in [6.45, 7) is 0. The molecule has 1 aromatic rings. The maximum Gasteiger partial charge on any atom is 0.283 e. The molecule has 0 saturated heterocycles. The standard InChI is InChI=1S/C7H4ClF4N/c8-2-3-1-4(9)13-6(5(3)10)7(11)12/h1,7H,2H2. The molecule has 0 unspecified atom stereocenters. The predicted octanol–water partition coefficient (Wildman–Crippen LogP) is 3.04. The second kappa shape index (κ2) is 3.91. The van der Waals surface area contributed by atoms with Crippen LogP contribution in [0.3, 0.4) is 0 Å². The lowest BCUT2D eigenvalue weighted by molar-refractivity contribution is 0.139. The summed E-state index contributed by atoms with van der Waals surface area (Å²) in [5.41, 5.74) is -1.51. The summed E-state index contributed by atoms with van der Waals surface area (Å²) < 4.78 is 49.4. The zero-order chi connectivity index (χ0) is 10.0. The first kappa shape index (κ1) is 10.2. The van der Waals surface area contributed by atoms with Crippen LogP contribution < -0.4 is 0 Å². The van der Waals surface area contributed by atoms with Crippen molar-refractivity contribution in [1.29, 1.82) is 0 Å². The molecular weight excluding hydrogens is 210 g/mol. The Morgan fingerprint density at radius 3 is 2.46 bits per heavy atom. The zero-order valence-corrected chi connectivity index (χ0v) is 6.95. The van der Waals surface area contributed by atoms with E-state index >= 15 is 0 Å². The minimum absolute atomic E-state index is 0.315. The average Bonchev–Trinajstić information content (AvgIpc) is 2.08. The Kier molecular flexibility index (Phi) is 3.08. The molecule has 13 heavy (non-hydrogen) atoms. The zero-order valence-electron chi connectivity index (χ0n) is 6.20. The summed E-state index contributed by atoms with van der Waals surface area (Å²) in [6.07, 6.45) is -3.14. The van der Waals surface area contributed by atoms with E-state index in [9.17, 15) is 17.6 Å². The number of hydrogen-bond acceptors (Lipinski definition) is 1. The molecule has 1 rings (SSSR count). The number of hydrogen-bond donors (Lipinski definition) is 0. The molecule has 0 aliphatic carbocycles. The monoisotopic (exact) mass is 213 g/mol. The molecule has 0 bridgehead atoms. The summed E-state index contributed by atoms with van der Waals surface area (Å²) in [4.78, 5) is 2.73. The van der Waals surface area contributed by atoms with Gasteiger partial charge in [0.2, 0.25) is 5.95 Å². The molecule has 0 aliphatic heterocycles. The molecule has 72 valence electrons. The van der Waals surface area contributed by atoms with Gasteiger partial charge in [-0.1, -0.05) is 0 Å². The molecule has 0 fully saturated rings. The van der Waals surface area contributed by atoms with Gasteiger partial charge in [0, 0.05) is 11.6 Å². The predicted molar refractivity (Wildman–Crippen MR) is 38.7 cm³/mol. The molecule has 0 radical (unpaired) electrons. The van der Waals surface area contributed by atoms with Gasteiger partial charge >= 0.3 is 0 Å². The van der Waals surface area contributed by atoms with E-state index in [2.05, 4.69) is 4.98 Å². The Bertz CT molecular complexity index is 316. The van der Waals surface area contributed by atoms with Crippen molar-refractivity contribution in [2.45, 2.75) is 12.3 Å². The fraction of sp³-hybridized carbons (Fsp3) is 0.286. The van der Waals surface area contributed by atoms with E-state index in [0.29, 0.717) is 6.07 Å². The van der Waals surface area contributed by atoms with Gasteiger partial charge in [-0.2, -0.15) is 4.39 Å². The van der Waals surface area contributed by atoms with Gasteiger partial charge in [0.05, 0.1) is 5.88 Å². The Balaban J connectivity index is 3.27. The lowest BCUT2D eigenvalue weighted by atomic mass is 10.2. The molecule has 0 aliphatic rings. The van der Waals surface area contributed by atoms with Crippen molar-refractivity contribution < 1.29 is 17.6 Å². The Labute approximate surface area is 76.3 Å². The van der Waals surface area contributed by atoms with Gasteiger partial charge in [0.1, 0.15) is 5.69 Å². The van der Waals surface area contributed by atoms with Crippen molar-refractivity contribution in [2.24, 2.45) is 0 Å². The van der Waals surface area contributed by atoms with Crippen LogP contribution in [0.1, 0.15) is 17.7 Å². The first-order valence-electron chi connectivity index (χ1n) is 3.25. The summed E-state index contributed by atoms with van der Waals surface area (Å²) in [6, 6.07) is 0.689. The van der Waals surface area contributed by atoms with Crippen LogP contribution in [0.2, 0.25) is 0 Å². The van der Waals surface area contributed by atoms with Crippen molar-refractivity contribution in [3.8, 4) is 0 Å². The van der Waals surface area contributed by atoms with Crippen LogP contribution in [0.25, 0.3) is 0 Å². The van der Waals surface area contributed by atoms with Gasteiger partial charge < -0.3 is 0 Å². The SMILES string of the molecule is Fc1cc(CCl)c(F)c(C(F)F)n1. The number of rotatable bonds is 2. The van der Waals surface area contributed by atoms with Crippen molar-refractivity contribution in [2.75, 3.05) is 0 Å². The quantitative estimate of drug-likeness (QED) is 0.418. The third-order valence-corrected chi connectivity index (χ3v) is 1.67. The second-order valence-corrected chi connectivity index (χ2v) is 2.50. The number of nitrogens with zero attached hydrogens (tertiary/aromatic N) is 1. The topological polar surface area (TPSA) is 12.9 Å². The van der Waals surface area contributed by atoms with Crippen LogP contribution >= 0.6 is 11.6 Å². The summed E-state index contributed by atoms with van der Waals surface area (Å²) >= 11 is 5.20. The molecule has 0 amide bonds. The van der Waals surface area contributed by atoms with Crippen LogP contribution in [-0.4, -0.2) is 4.98 Å². The number of halogens is 5. The van der Waals surface area contributed by atoms with Crippen LogP contribution in [0.15, 0.2) is 6.07 Å². The molecule has 0 spiro atoms. The molecule has 1 aromatic heterocycles. The van der Waals surface area contributed by atoms with E-state index in [0.717, 1.165) is 0 Å². The van der Waals surface area contributed by atoms with Crippen LogP contribution in [0.4, 0.5) is 17.6 Å². The second-order valence-electron chi connectivity index (χ2n) is 2.24. The number of pyridine rings is 1. The van der Waals surface area contributed by atoms with Crippen molar-refractivity contribution in [1.82, 2.24) is 4.98 Å². The largest absolute Gasteiger partial charge is 0.283 e. The molecule has 0 aromatic carbocycles. The van der Waals surface area contributed by atoms with Crippen LogP contribution in [0, 0.1) is 11.8 Å². The highest BCUT2D eigenvalue weighted by atomic mass is 35.5. The van der Waals surface area contributed by atoms with Gasteiger partial charge in [-0.25, -0.2) is 18.2 Å². The normalized spacial score (nSPS) is 10.9. The fourth-order valence-corrected chi connectivity index (χ4v) is 1.00. The summed E-state index contributed by atoms with van der Waals surface area (Å²) in [5.74, 6) is -2.77. The van der Waals surface area contributed by atoms with E-state index in [1.165, 1.54) is 0 Å². The molecule has 0 atom stereocenters. The molecule has 1 heterocycles. The highest BCUT2D eigenvalue weighted by Gasteiger charge is 2.19.